The first kappa shape index (κ1) is 17.9. The minimum atomic E-state index is -0.356. The first-order chi connectivity index (χ1) is 10.6. The molecule has 2 heterocycles. The zero-order valence-corrected chi connectivity index (χ0v) is 15.3. The fourth-order valence-corrected chi connectivity index (χ4v) is 4.25. The van der Waals surface area contributed by atoms with Crippen LogP contribution in [0.1, 0.15) is 19.8 Å². The van der Waals surface area contributed by atoms with Crippen LogP contribution in [-0.4, -0.2) is 83.0 Å². The summed E-state index contributed by atoms with van der Waals surface area (Å²) in [7, 11) is 0. The van der Waals surface area contributed by atoms with E-state index in [0.29, 0.717) is 6.04 Å². The van der Waals surface area contributed by atoms with Crippen LogP contribution in [0, 0.1) is 0 Å². The third-order valence-corrected chi connectivity index (χ3v) is 5.64. The Morgan fingerprint density at radius 2 is 1.77 bits per heavy atom. The molecule has 0 bridgehead atoms. The fourth-order valence-electron chi connectivity index (χ4n) is 3.01. The number of carbonyl (C=O) groups excluding carboxylic acids is 2. The normalized spacial score (nSPS) is 22.0. The number of piperazine rings is 1. The van der Waals surface area contributed by atoms with Crippen LogP contribution in [0.3, 0.4) is 0 Å². The van der Waals surface area contributed by atoms with Crippen LogP contribution < -0.4 is 25.4 Å². The summed E-state index contributed by atoms with van der Waals surface area (Å²) in [6.45, 7) is 7.16. The molecule has 2 aliphatic rings. The molecule has 8 heteroatoms. The van der Waals surface area contributed by atoms with Crippen molar-refractivity contribution in [2.45, 2.75) is 25.8 Å². The molecular weight excluding hydrogens is 399 g/mol. The maximum atomic E-state index is 11.8. The van der Waals surface area contributed by atoms with Gasteiger partial charge in [-0.1, -0.05) is 0 Å². The van der Waals surface area contributed by atoms with Crippen molar-refractivity contribution < 1.29 is 35.8 Å². The van der Waals surface area contributed by atoms with Crippen molar-refractivity contribution in [1.82, 2.24) is 14.7 Å². The molecule has 2 N–H and O–H groups in total. The van der Waals surface area contributed by atoms with E-state index in [9.17, 15) is 9.59 Å². The van der Waals surface area contributed by atoms with Gasteiger partial charge in [-0.05, 0) is 6.92 Å². The number of hydrogen-bond donors (Lipinski definition) is 1. The summed E-state index contributed by atoms with van der Waals surface area (Å²) in [4.78, 5) is 29.4. The zero-order valence-electron chi connectivity index (χ0n) is 13.2. The van der Waals surface area contributed by atoms with Gasteiger partial charge in [0.2, 0.25) is 0 Å². The van der Waals surface area contributed by atoms with Gasteiger partial charge < -0.3 is 0 Å². The number of nitrogens with two attached hydrogens (primary N) is 1. The van der Waals surface area contributed by atoms with Gasteiger partial charge in [-0.15, -0.1) is 0 Å². The van der Waals surface area contributed by atoms with E-state index in [1.54, 1.807) is 4.90 Å². The van der Waals surface area contributed by atoms with E-state index in [0.717, 1.165) is 56.7 Å². The van der Waals surface area contributed by atoms with E-state index in [-0.39, 0.29) is 40.0 Å². The van der Waals surface area contributed by atoms with Gasteiger partial charge in [0.25, 0.3) is 0 Å². The van der Waals surface area contributed by atoms with Gasteiger partial charge in [0.15, 0.2) is 5.78 Å². The van der Waals surface area contributed by atoms with Crippen molar-refractivity contribution in [2.75, 3.05) is 50.4 Å². The molecule has 1 amide bonds. The van der Waals surface area contributed by atoms with E-state index in [2.05, 4.69) is 9.80 Å². The number of hydrogen-bond acceptors (Lipinski definition) is 6. The summed E-state index contributed by atoms with van der Waals surface area (Å²) in [5.74, 6) is -0.124. The van der Waals surface area contributed by atoms with Crippen molar-refractivity contribution in [2.24, 2.45) is 3.95 Å². The summed E-state index contributed by atoms with van der Waals surface area (Å²) in [6.07, 6.45) is 1.61. The molecule has 0 radical (unpaired) electrons. The topological polar surface area (TPSA) is 79.1 Å². The minimum absolute atomic E-state index is 0.121. The third kappa shape index (κ3) is 5.32. The number of carbonyl (C=O) groups is 2. The molecular formula is C14H26IN4O3-. The van der Waals surface area contributed by atoms with Crippen molar-refractivity contribution >= 4 is 11.9 Å². The van der Waals surface area contributed by atoms with Crippen LogP contribution in [-0.2, 0) is 9.53 Å². The summed E-state index contributed by atoms with van der Waals surface area (Å²) < 4.78 is 11.8. The van der Waals surface area contributed by atoms with Gasteiger partial charge in [-0.2, -0.15) is 0 Å². The molecule has 0 spiro atoms. The molecule has 7 nitrogen and oxygen atoms in total. The van der Waals surface area contributed by atoms with E-state index >= 15 is 0 Å². The fraction of sp³-hybridized carbons (Fsp3) is 0.857. The molecule has 0 saturated carbocycles. The molecule has 2 saturated heterocycles. The van der Waals surface area contributed by atoms with Crippen LogP contribution in [0.25, 0.3) is 0 Å². The standard InChI is InChI=1S/C14H26IN4O3/c1-12(20)10-22-14(21)19-4-2-13(3-5-19)18-8-6-17(7-9-18)11-15-16/h13H,2-11,16H2,1H3/q-1. The number of likely N-dealkylation sites (tertiary alicyclic amines) is 1. The number of alkyl halides is 1. The predicted octanol–water partition coefficient (Wildman–Crippen LogP) is -3.29. The molecule has 2 rings (SSSR count). The van der Waals surface area contributed by atoms with Crippen LogP contribution in [0.4, 0.5) is 4.79 Å². The first-order valence-corrected chi connectivity index (χ1v) is 10.5. The van der Waals surface area contributed by atoms with Crippen LogP contribution in [0.15, 0.2) is 0 Å². The third-order valence-electron chi connectivity index (χ3n) is 4.28. The molecule has 0 aromatic heterocycles. The van der Waals surface area contributed by atoms with Gasteiger partial charge in [-0.3, -0.25) is 4.79 Å². The molecule has 0 aliphatic carbocycles. The Labute approximate surface area is 142 Å². The summed E-state index contributed by atoms with van der Waals surface area (Å²) in [5.41, 5.74) is 0. The number of amides is 1. The number of piperidine rings is 1. The van der Waals surface area contributed by atoms with Gasteiger partial charge >= 0.3 is 125 Å². The molecule has 0 aromatic rings. The Hall–Kier alpha value is -0.450. The second-order valence-electron chi connectivity index (χ2n) is 5.90. The second kappa shape index (κ2) is 8.99. The van der Waals surface area contributed by atoms with E-state index in [1.807, 2.05) is 0 Å². The average molecular weight is 425 g/mol. The Morgan fingerprint density at radius 3 is 2.32 bits per heavy atom. The maximum absolute atomic E-state index is 11.8. The Morgan fingerprint density at radius 1 is 1.14 bits per heavy atom. The Bertz CT molecular complexity index is 380. The first-order valence-electron chi connectivity index (χ1n) is 7.75. The SMILES string of the molecule is CC(=O)COC(=O)N1CCC(N2CCN(C[I-]N)CC2)CC1. The van der Waals surface area contributed by atoms with Crippen LogP contribution in [0.5, 0.6) is 0 Å². The number of rotatable bonds is 5. The number of ether oxygens (including phenoxy) is 1. The molecule has 2 fully saturated rings. The summed E-state index contributed by atoms with van der Waals surface area (Å²) in [6, 6.07) is 0.562. The number of nitrogens with zero attached hydrogens (tertiary/aromatic N) is 3. The Kier molecular flexibility index (Phi) is 7.32. The van der Waals surface area contributed by atoms with Crippen molar-refractivity contribution in [3.63, 3.8) is 0 Å². The van der Waals surface area contributed by atoms with E-state index < -0.39 is 0 Å². The predicted molar refractivity (Wildman–Crippen MR) is 78.8 cm³/mol. The number of Topliss-reactive ketones (excluding diaryl/α,β-unsaturated/α-hetero) is 1. The van der Waals surface area contributed by atoms with Gasteiger partial charge in [-0.25, -0.2) is 0 Å². The Balaban J connectivity index is 1.69. The van der Waals surface area contributed by atoms with Crippen molar-refractivity contribution in [3.8, 4) is 0 Å². The molecule has 0 unspecified atom stereocenters. The van der Waals surface area contributed by atoms with Crippen molar-refractivity contribution in [3.05, 3.63) is 0 Å². The van der Waals surface area contributed by atoms with Gasteiger partial charge in [0.05, 0.1) is 0 Å². The quantitative estimate of drug-likeness (QED) is 0.216. The average Bonchev–Trinajstić information content (AvgIpc) is 2.54. The van der Waals surface area contributed by atoms with E-state index in [1.165, 1.54) is 6.92 Å². The molecule has 128 valence electrons. The molecule has 2 aliphatic heterocycles. The van der Waals surface area contributed by atoms with Gasteiger partial charge in [0, 0.05) is 0 Å². The van der Waals surface area contributed by atoms with E-state index in [4.69, 9.17) is 8.68 Å². The molecule has 0 atom stereocenters. The number of ketones is 1. The van der Waals surface area contributed by atoms with Crippen LogP contribution >= 0.6 is 0 Å². The second-order valence-corrected chi connectivity index (χ2v) is 7.47. The van der Waals surface area contributed by atoms with Crippen LogP contribution in [0.2, 0.25) is 0 Å². The zero-order chi connectivity index (χ0) is 15.9. The van der Waals surface area contributed by atoms with Crippen molar-refractivity contribution in [1.29, 1.82) is 0 Å². The number of halogens is 1. The molecule has 22 heavy (non-hydrogen) atoms. The monoisotopic (exact) mass is 425 g/mol. The van der Waals surface area contributed by atoms with Gasteiger partial charge in [0.1, 0.15) is 0 Å². The summed E-state index contributed by atoms with van der Waals surface area (Å²) >= 11 is -0.145. The molecule has 0 aromatic carbocycles. The summed E-state index contributed by atoms with van der Waals surface area (Å²) in [5, 5.41) is 0.